The van der Waals surface area contributed by atoms with E-state index in [-0.39, 0.29) is 49.5 Å². The number of benzene rings is 2. The third kappa shape index (κ3) is 9.37. The van der Waals surface area contributed by atoms with Crippen molar-refractivity contribution in [3.63, 3.8) is 0 Å². The van der Waals surface area contributed by atoms with Gasteiger partial charge in [0, 0.05) is 32.0 Å². The molecule has 0 unspecified atom stereocenters. The molecular formula is C29H34F6N2O4. The average molecular weight is 589 g/mol. The van der Waals surface area contributed by atoms with Crippen molar-refractivity contribution < 1.29 is 45.4 Å². The van der Waals surface area contributed by atoms with Crippen LogP contribution in [-0.4, -0.2) is 48.2 Å². The predicted octanol–water partition coefficient (Wildman–Crippen LogP) is 7.10. The number of carbonyl (C=O) groups is 2. The molecule has 3 atom stereocenters. The molecule has 1 fully saturated rings. The van der Waals surface area contributed by atoms with E-state index < -0.39 is 47.4 Å². The van der Waals surface area contributed by atoms with Crippen LogP contribution in [0.4, 0.5) is 31.1 Å². The van der Waals surface area contributed by atoms with Crippen LogP contribution in [-0.2, 0) is 26.6 Å². The standard InChI is InChI=1S/C29H34F6N2O4/c1-18(20-14-21(28(30,31)32)16-22(15-20)29(33,34)35)40-24-11-13-37(17-23(24)19-8-6-5-7-9-19)25(38)10-12-36-26(39)41-27(2,3)4/h5-9,14-16,18,23-24H,10-13,17H2,1-4H3,(H,36,39)/t18-,23+,24+/m1/s1. The van der Waals surface area contributed by atoms with Gasteiger partial charge in [-0.05, 0) is 63.4 Å². The molecular weight excluding hydrogens is 554 g/mol. The second-order valence-electron chi connectivity index (χ2n) is 11.0. The van der Waals surface area contributed by atoms with E-state index in [1.165, 1.54) is 6.92 Å². The van der Waals surface area contributed by atoms with Crippen LogP contribution in [0.15, 0.2) is 48.5 Å². The van der Waals surface area contributed by atoms with Crippen LogP contribution >= 0.6 is 0 Å². The molecule has 0 aromatic heterocycles. The number of alkyl halides is 6. The summed E-state index contributed by atoms with van der Waals surface area (Å²) in [6.45, 7) is 7.13. The molecule has 1 aliphatic rings. The Morgan fingerprint density at radius 2 is 1.56 bits per heavy atom. The molecule has 6 nitrogen and oxygen atoms in total. The van der Waals surface area contributed by atoms with Crippen LogP contribution in [0.1, 0.15) is 74.8 Å². The number of piperidine rings is 1. The Labute approximate surface area is 235 Å². The summed E-state index contributed by atoms with van der Waals surface area (Å²) in [7, 11) is 0. The van der Waals surface area contributed by atoms with E-state index >= 15 is 0 Å². The fourth-order valence-corrected chi connectivity index (χ4v) is 4.64. The van der Waals surface area contributed by atoms with Crippen molar-refractivity contribution in [3.8, 4) is 0 Å². The van der Waals surface area contributed by atoms with Gasteiger partial charge in [0.15, 0.2) is 0 Å². The smallest absolute Gasteiger partial charge is 0.416 e. The summed E-state index contributed by atoms with van der Waals surface area (Å²) in [6.07, 6.45) is -11.9. The Hall–Kier alpha value is -3.28. The molecule has 41 heavy (non-hydrogen) atoms. The Kier molecular flexibility index (Phi) is 9.99. The first kappa shape index (κ1) is 32.2. The number of halogens is 6. The van der Waals surface area contributed by atoms with Crippen molar-refractivity contribution in [3.05, 3.63) is 70.8 Å². The van der Waals surface area contributed by atoms with Crippen LogP contribution in [0, 0.1) is 0 Å². The number of rotatable bonds is 7. The third-order valence-corrected chi connectivity index (χ3v) is 6.60. The fourth-order valence-electron chi connectivity index (χ4n) is 4.64. The summed E-state index contributed by atoms with van der Waals surface area (Å²) in [5.41, 5.74) is -2.92. The minimum absolute atomic E-state index is 0.0210. The predicted molar refractivity (Wildman–Crippen MR) is 139 cm³/mol. The van der Waals surface area contributed by atoms with Crippen LogP contribution in [0.5, 0.6) is 0 Å². The van der Waals surface area contributed by atoms with E-state index in [9.17, 15) is 35.9 Å². The number of amides is 2. The lowest BCUT2D eigenvalue weighted by molar-refractivity contribution is -0.143. The summed E-state index contributed by atoms with van der Waals surface area (Å²) in [4.78, 5) is 26.4. The van der Waals surface area contributed by atoms with Crippen LogP contribution in [0.3, 0.4) is 0 Å². The van der Waals surface area contributed by atoms with Crippen molar-refractivity contribution in [1.29, 1.82) is 0 Å². The highest BCUT2D eigenvalue weighted by atomic mass is 19.4. The van der Waals surface area contributed by atoms with Gasteiger partial charge in [0.1, 0.15) is 5.60 Å². The molecule has 1 saturated heterocycles. The molecule has 0 aliphatic carbocycles. The molecule has 2 aromatic carbocycles. The number of alkyl carbamates (subject to hydrolysis) is 1. The van der Waals surface area contributed by atoms with Gasteiger partial charge in [0.05, 0.1) is 23.3 Å². The lowest BCUT2D eigenvalue weighted by Gasteiger charge is -2.40. The van der Waals surface area contributed by atoms with Crippen LogP contribution in [0.25, 0.3) is 0 Å². The number of likely N-dealkylation sites (tertiary alicyclic amines) is 1. The molecule has 226 valence electrons. The number of carbonyl (C=O) groups excluding carboxylic acids is 2. The van der Waals surface area contributed by atoms with E-state index in [1.807, 2.05) is 12.1 Å². The van der Waals surface area contributed by atoms with E-state index in [0.717, 1.165) is 5.56 Å². The van der Waals surface area contributed by atoms with Crippen molar-refractivity contribution in [2.24, 2.45) is 0 Å². The molecule has 1 aliphatic heterocycles. The number of nitrogens with zero attached hydrogens (tertiary/aromatic N) is 1. The maximum absolute atomic E-state index is 13.4. The summed E-state index contributed by atoms with van der Waals surface area (Å²) in [5, 5.41) is 2.54. The van der Waals surface area contributed by atoms with Gasteiger partial charge < -0.3 is 19.7 Å². The molecule has 1 N–H and O–H groups in total. The quantitative estimate of drug-likeness (QED) is 0.351. The molecule has 0 radical (unpaired) electrons. The first-order valence-electron chi connectivity index (χ1n) is 13.2. The topological polar surface area (TPSA) is 67.9 Å². The number of ether oxygens (including phenoxy) is 2. The SMILES string of the molecule is C[C@@H](O[C@H]1CCN(C(=O)CCNC(=O)OC(C)(C)C)C[C@H]1c1ccccc1)c1cc(C(F)(F)F)cc(C(F)(F)F)c1. The first-order chi connectivity index (χ1) is 18.9. The molecule has 12 heteroatoms. The van der Waals surface area contributed by atoms with Crippen LogP contribution < -0.4 is 5.32 Å². The summed E-state index contributed by atoms with van der Waals surface area (Å²) in [6, 6.07) is 10.5. The van der Waals surface area contributed by atoms with Gasteiger partial charge in [-0.25, -0.2) is 4.79 Å². The number of hydrogen-bond acceptors (Lipinski definition) is 4. The fraction of sp³-hybridized carbons (Fsp3) is 0.517. The molecule has 2 amide bonds. The minimum Gasteiger partial charge on any atom is -0.444 e. The first-order valence-corrected chi connectivity index (χ1v) is 13.2. The lowest BCUT2D eigenvalue weighted by Crippen LogP contribution is -2.46. The molecule has 2 aromatic rings. The highest BCUT2D eigenvalue weighted by Gasteiger charge is 2.39. The molecule has 0 saturated carbocycles. The van der Waals surface area contributed by atoms with Crippen LogP contribution in [0.2, 0.25) is 0 Å². The van der Waals surface area contributed by atoms with Gasteiger partial charge in [0.25, 0.3) is 0 Å². The Morgan fingerprint density at radius 3 is 2.10 bits per heavy atom. The largest absolute Gasteiger partial charge is 0.444 e. The van der Waals surface area contributed by atoms with Gasteiger partial charge in [-0.15, -0.1) is 0 Å². The van der Waals surface area contributed by atoms with Crippen molar-refractivity contribution in [2.45, 2.75) is 76.6 Å². The number of nitrogens with one attached hydrogen (secondary N) is 1. The Morgan fingerprint density at radius 1 is 0.976 bits per heavy atom. The summed E-state index contributed by atoms with van der Waals surface area (Å²) >= 11 is 0. The number of hydrogen-bond donors (Lipinski definition) is 1. The average Bonchev–Trinajstić information content (AvgIpc) is 2.87. The van der Waals surface area contributed by atoms with Gasteiger partial charge in [0.2, 0.25) is 5.91 Å². The highest BCUT2D eigenvalue weighted by Crippen LogP contribution is 2.39. The van der Waals surface area contributed by atoms with Crippen molar-refractivity contribution in [2.75, 3.05) is 19.6 Å². The van der Waals surface area contributed by atoms with E-state index in [4.69, 9.17) is 9.47 Å². The summed E-state index contributed by atoms with van der Waals surface area (Å²) < 4.78 is 91.6. The normalized spacial score (nSPS) is 19.0. The highest BCUT2D eigenvalue weighted by molar-refractivity contribution is 5.77. The monoisotopic (exact) mass is 588 g/mol. The zero-order valence-electron chi connectivity index (χ0n) is 23.2. The molecule has 0 spiro atoms. The zero-order valence-corrected chi connectivity index (χ0v) is 23.2. The maximum atomic E-state index is 13.4. The summed E-state index contributed by atoms with van der Waals surface area (Å²) in [5.74, 6) is -0.607. The van der Waals surface area contributed by atoms with Gasteiger partial charge in [-0.2, -0.15) is 26.3 Å². The van der Waals surface area contributed by atoms with Gasteiger partial charge in [-0.1, -0.05) is 30.3 Å². The second-order valence-corrected chi connectivity index (χ2v) is 11.0. The van der Waals surface area contributed by atoms with Gasteiger partial charge in [-0.3, -0.25) is 4.79 Å². The van der Waals surface area contributed by atoms with E-state index in [2.05, 4.69) is 5.32 Å². The molecule has 3 rings (SSSR count). The Balaban J connectivity index is 1.75. The molecule has 1 heterocycles. The third-order valence-electron chi connectivity index (χ3n) is 6.60. The maximum Gasteiger partial charge on any atom is 0.416 e. The minimum atomic E-state index is -4.97. The van der Waals surface area contributed by atoms with Gasteiger partial charge >= 0.3 is 18.4 Å². The zero-order chi connectivity index (χ0) is 30.6. The lowest BCUT2D eigenvalue weighted by atomic mass is 9.87. The van der Waals surface area contributed by atoms with E-state index in [0.29, 0.717) is 18.6 Å². The second kappa shape index (κ2) is 12.7. The van der Waals surface area contributed by atoms with Crippen molar-refractivity contribution >= 4 is 12.0 Å². The van der Waals surface area contributed by atoms with E-state index in [1.54, 1.807) is 43.9 Å². The Bertz CT molecular complexity index is 1160. The molecule has 0 bridgehead atoms. The van der Waals surface area contributed by atoms with Crippen molar-refractivity contribution in [1.82, 2.24) is 10.2 Å².